The molecule has 0 unspecified atom stereocenters. The number of carboxylic acid groups (broad SMARTS) is 1. The summed E-state index contributed by atoms with van der Waals surface area (Å²) in [7, 11) is 0. The molecule has 6 nitrogen and oxygen atoms in total. The van der Waals surface area contributed by atoms with Crippen molar-refractivity contribution in [3.63, 3.8) is 0 Å². The van der Waals surface area contributed by atoms with Crippen LogP contribution < -0.4 is 10.6 Å². The third-order valence-corrected chi connectivity index (χ3v) is 3.03. The molecule has 0 aromatic rings. The molecule has 0 saturated carbocycles. The smallest absolute Gasteiger partial charge is 0.318 e. The van der Waals surface area contributed by atoms with Crippen molar-refractivity contribution in [2.45, 2.75) is 13.8 Å². The van der Waals surface area contributed by atoms with Crippen molar-refractivity contribution >= 4 is 11.9 Å². The summed E-state index contributed by atoms with van der Waals surface area (Å²) >= 11 is 0. The zero-order chi connectivity index (χ0) is 12.9. The van der Waals surface area contributed by atoms with Crippen LogP contribution >= 0.6 is 0 Å². The molecule has 17 heavy (non-hydrogen) atoms. The van der Waals surface area contributed by atoms with Crippen LogP contribution in [0.5, 0.6) is 0 Å². The van der Waals surface area contributed by atoms with Crippen molar-refractivity contribution in [3.05, 3.63) is 0 Å². The van der Waals surface area contributed by atoms with Gasteiger partial charge in [-0.2, -0.15) is 0 Å². The first-order valence-electron chi connectivity index (χ1n) is 5.89. The number of rotatable bonds is 5. The molecule has 0 spiro atoms. The van der Waals surface area contributed by atoms with Gasteiger partial charge in [0.15, 0.2) is 0 Å². The maximum atomic E-state index is 11.6. The summed E-state index contributed by atoms with van der Waals surface area (Å²) in [6.45, 7) is 7.96. The van der Waals surface area contributed by atoms with E-state index in [2.05, 4.69) is 15.5 Å². The molecule has 1 aliphatic heterocycles. The summed E-state index contributed by atoms with van der Waals surface area (Å²) in [5.41, 5.74) is -1.36. The standard InChI is InChI=1S/C11H21N3O3/c1-11(2,10(16)17)9(15)13-5-8-14-6-3-12-4-7-14/h12H,3-8H2,1-2H3,(H,13,15)(H,16,17). The number of aliphatic carboxylic acids is 1. The van der Waals surface area contributed by atoms with Gasteiger partial charge >= 0.3 is 5.97 Å². The van der Waals surface area contributed by atoms with Crippen molar-refractivity contribution in [2.24, 2.45) is 5.41 Å². The molecule has 0 radical (unpaired) electrons. The Morgan fingerprint density at radius 2 is 1.94 bits per heavy atom. The summed E-state index contributed by atoms with van der Waals surface area (Å²) in [4.78, 5) is 24.7. The number of carboxylic acids is 1. The third kappa shape index (κ3) is 3.98. The Balaban J connectivity index is 2.26. The van der Waals surface area contributed by atoms with Gasteiger partial charge in [0, 0.05) is 39.3 Å². The zero-order valence-corrected chi connectivity index (χ0v) is 10.5. The average molecular weight is 243 g/mol. The SMILES string of the molecule is CC(C)(C(=O)O)C(=O)NCCN1CCNCC1. The van der Waals surface area contributed by atoms with Gasteiger partial charge in [0.1, 0.15) is 5.41 Å². The number of carbonyl (C=O) groups excluding carboxylic acids is 1. The summed E-state index contributed by atoms with van der Waals surface area (Å²) in [5, 5.41) is 14.8. The lowest BCUT2D eigenvalue weighted by Gasteiger charge is -2.27. The number of hydrogen-bond acceptors (Lipinski definition) is 4. The Labute approximate surface area is 101 Å². The van der Waals surface area contributed by atoms with Crippen LogP contribution in [-0.2, 0) is 9.59 Å². The van der Waals surface area contributed by atoms with E-state index in [0.29, 0.717) is 6.54 Å². The number of nitrogens with one attached hydrogen (secondary N) is 2. The van der Waals surface area contributed by atoms with Crippen LogP contribution in [-0.4, -0.2) is 61.2 Å². The molecular formula is C11H21N3O3. The van der Waals surface area contributed by atoms with Gasteiger partial charge in [-0.05, 0) is 13.8 Å². The van der Waals surface area contributed by atoms with Crippen molar-refractivity contribution in [3.8, 4) is 0 Å². The van der Waals surface area contributed by atoms with Crippen molar-refractivity contribution in [2.75, 3.05) is 39.3 Å². The Bertz CT molecular complexity index is 286. The number of nitrogens with zero attached hydrogens (tertiary/aromatic N) is 1. The molecule has 1 rings (SSSR count). The van der Waals surface area contributed by atoms with Gasteiger partial charge < -0.3 is 15.7 Å². The van der Waals surface area contributed by atoms with Crippen LogP contribution in [0.4, 0.5) is 0 Å². The van der Waals surface area contributed by atoms with E-state index < -0.39 is 17.3 Å². The van der Waals surface area contributed by atoms with E-state index >= 15 is 0 Å². The summed E-state index contributed by atoms with van der Waals surface area (Å²) in [6, 6.07) is 0. The van der Waals surface area contributed by atoms with Crippen LogP contribution in [0.2, 0.25) is 0 Å². The molecule has 1 heterocycles. The van der Waals surface area contributed by atoms with E-state index in [1.165, 1.54) is 13.8 Å². The van der Waals surface area contributed by atoms with Gasteiger partial charge in [-0.1, -0.05) is 0 Å². The fourth-order valence-corrected chi connectivity index (χ4v) is 1.58. The number of carbonyl (C=O) groups is 2. The van der Waals surface area contributed by atoms with Gasteiger partial charge in [-0.25, -0.2) is 0 Å². The molecule has 6 heteroatoms. The minimum absolute atomic E-state index is 0.430. The lowest BCUT2D eigenvalue weighted by Crippen LogP contribution is -2.48. The van der Waals surface area contributed by atoms with Crippen LogP contribution in [0.1, 0.15) is 13.8 Å². The maximum Gasteiger partial charge on any atom is 0.318 e. The van der Waals surface area contributed by atoms with E-state index in [0.717, 1.165) is 32.7 Å². The molecule has 0 aromatic heterocycles. The van der Waals surface area contributed by atoms with E-state index in [-0.39, 0.29) is 0 Å². The first kappa shape index (κ1) is 13.9. The van der Waals surface area contributed by atoms with E-state index in [9.17, 15) is 9.59 Å². The van der Waals surface area contributed by atoms with Gasteiger partial charge in [-0.15, -0.1) is 0 Å². The monoisotopic (exact) mass is 243 g/mol. The molecular weight excluding hydrogens is 222 g/mol. The summed E-state index contributed by atoms with van der Waals surface area (Å²) in [5.74, 6) is -1.53. The highest BCUT2D eigenvalue weighted by molar-refractivity contribution is 6.00. The fourth-order valence-electron chi connectivity index (χ4n) is 1.58. The molecule has 1 fully saturated rings. The van der Waals surface area contributed by atoms with Crippen molar-refractivity contribution in [1.29, 1.82) is 0 Å². The Morgan fingerprint density at radius 1 is 1.35 bits per heavy atom. The normalized spacial score (nSPS) is 17.8. The maximum absolute atomic E-state index is 11.6. The first-order valence-corrected chi connectivity index (χ1v) is 5.89. The third-order valence-electron chi connectivity index (χ3n) is 3.03. The summed E-state index contributed by atoms with van der Waals surface area (Å²) in [6.07, 6.45) is 0. The largest absolute Gasteiger partial charge is 0.480 e. The summed E-state index contributed by atoms with van der Waals surface area (Å²) < 4.78 is 0. The van der Waals surface area contributed by atoms with Crippen LogP contribution in [0.25, 0.3) is 0 Å². The number of amides is 1. The minimum Gasteiger partial charge on any atom is -0.480 e. The van der Waals surface area contributed by atoms with Gasteiger partial charge in [0.25, 0.3) is 0 Å². The predicted molar refractivity (Wildman–Crippen MR) is 63.7 cm³/mol. The zero-order valence-electron chi connectivity index (χ0n) is 10.5. The molecule has 1 aliphatic rings. The average Bonchev–Trinajstić information content (AvgIpc) is 2.30. The molecule has 0 atom stereocenters. The fraction of sp³-hybridized carbons (Fsp3) is 0.818. The second-order valence-electron chi connectivity index (χ2n) is 4.78. The lowest BCUT2D eigenvalue weighted by molar-refractivity contribution is -0.153. The molecule has 98 valence electrons. The van der Waals surface area contributed by atoms with Crippen molar-refractivity contribution in [1.82, 2.24) is 15.5 Å². The Kier molecular flexibility index (Phi) is 4.89. The molecule has 0 bridgehead atoms. The Hall–Kier alpha value is -1.14. The van der Waals surface area contributed by atoms with Crippen LogP contribution in [0, 0.1) is 5.41 Å². The van der Waals surface area contributed by atoms with Crippen LogP contribution in [0.3, 0.4) is 0 Å². The molecule has 3 N–H and O–H groups in total. The van der Waals surface area contributed by atoms with Crippen molar-refractivity contribution < 1.29 is 14.7 Å². The van der Waals surface area contributed by atoms with Crippen LogP contribution in [0.15, 0.2) is 0 Å². The molecule has 0 aromatic carbocycles. The number of piperazine rings is 1. The molecule has 0 aliphatic carbocycles. The van der Waals surface area contributed by atoms with E-state index in [4.69, 9.17) is 5.11 Å². The molecule has 1 saturated heterocycles. The second-order valence-corrected chi connectivity index (χ2v) is 4.78. The topological polar surface area (TPSA) is 81.7 Å². The number of hydrogen-bond donors (Lipinski definition) is 3. The van der Waals surface area contributed by atoms with Gasteiger partial charge in [-0.3, -0.25) is 14.5 Å². The van der Waals surface area contributed by atoms with E-state index in [1.807, 2.05) is 0 Å². The Morgan fingerprint density at radius 3 is 2.47 bits per heavy atom. The first-order chi connectivity index (χ1) is 7.94. The van der Waals surface area contributed by atoms with Gasteiger partial charge in [0.05, 0.1) is 0 Å². The predicted octanol–water partition coefficient (Wildman–Crippen LogP) is -0.881. The highest BCUT2D eigenvalue weighted by Crippen LogP contribution is 2.14. The van der Waals surface area contributed by atoms with Gasteiger partial charge in [0.2, 0.25) is 5.91 Å². The second kappa shape index (κ2) is 5.97. The minimum atomic E-state index is -1.36. The highest BCUT2D eigenvalue weighted by atomic mass is 16.4. The lowest BCUT2D eigenvalue weighted by atomic mass is 9.93. The molecule has 1 amide bonds. The quantitative estimate of drug-likeness (QED) is 0.546. The van der Waals surface area contributed by atoms with E-state index in [1.54, 1.807) is 0 Å². The highest BCUT2D eigenvalue weighted by Gasteiger charge is 2.35.